The summed E-state index contributed by atoms with van der Waals surface area (Å²) in [5.74, 6) is 0. The molecule has 98 valence electrons. The minimum Gasteiger partial charge on any atom is -0.384 e. The maximum Gasteiger partial charge on any atom is 0.107 e. The number of rotatable bonds is 0. The van der Waals surface area contributed by atoms with Crippen molar-refractivity contribution in [3.05, 3.63) is 71.0 Å². The van der Waals surface area contributed by atoms with Crippen molar-refractivity contribution < 1.29 is 10.2 Å². The summed E-state index contributed by atoms with van der Waals surface area (Å²) in [7, 11) is 0. The minimum atomic E-state index is -0.787. The number of fused-ring (bicyclic) bond motifs is 4. The molecule has 0 spiro atoms. The number of benzene rings is 2. The summed E-state index contributed by atoms with van der Waals surface area (Å²) in [5, 5.41) is 21.2. The molecule has 4 rings (SSSR count). The van der Waals surface area contributed by atoms with Crippen molar-refractivity contribution in [3.8, 4) is 0 Å². The van der Waals surface area contributed by atoms with Crippen LogP contribution in [0.3, 0.4) is 0 Å². The number of hydrogen-bond donors (Lipinski definition) is 2. The molecule has 0 aliphatic heterocycles. The van der Waals surface area contributed by atoms with E-state index < -0.39 is 12.2 Å². The van der Waals surface area contributed by atoms with Gasteiger partial charge >= 0.3 is 0 Å². The van der Waals surface area contributed by atoms with Crippen LogP contribution in [0, 0.1) is 0 Å². The molecule has 0 radical (unpaired) electrons. The lowest BCUT2D eigenvalue weighted by atomic mass is 9.81. The van der Waals surface area contributed by atoms with Crippen LogP contribution < -0.4 is 0 Å². The van der Waals surface area contributed by atoms with E-state index in [0.717, 1.165) is 16.6 Å². The standard InChI is InChI=1S/C16H12N2O2/c19-15-9-3-1-2-4-10(9)16(20)13-11(15)5-6-12-14(13)18-8-7-17-12/h1-8,15-16,19-20H. The van der Waals surface area contributed by atoms with Crippen molar-refractivity contribution in [2.45, 2.75) is 12.2 Å². The van der Waals surface area contributed by atoms with Crippen molar-refractivity contribution in [1.29, 1.82) is 0 Å². The van der Waals surface area contributed by atoms with E-state index in [1.807, 2.05) is 36.4 Å². The van der Waals surface area contributed by atoms with E-state index in [0.29, 0.717) is 16.6 Å². The lowest BCUT2D eigenvalue weighted by Gasteiger charge is -2.29. The van der Waals surface area contributed by atoms with E-state index in [4.69, 9.17) is 0 Å². The first-order valence-electron chi connectivity index (χ1n) is 6.46. The summed E-state index contributed by atoms with van der Waals surface area (Å²) in [5.41, 5.74) is 4.19. The fourth-order valence-corrected chi connectivity index (χ4v) is 2.93. The number of hydrogen-bond acceptors (Lipinski definition) is 4. The van der Waals surface area contributed by atoms with Gasteiger partial charge in [-0.3, -0.25) is 9.97 Å². The van der Waals surface area contributed by atoms with E-state index >= 15 is 0 Å². The average Bonchev–Trinajstić information content (AvgIpc) is 2.51. The fraction of sp³-hybridized carbons (Fsp3) is 0.125. The van der Waals surface area contributed by atoms with Crippen LogP contribution in [0.5, 0.6) is 0 Å². The zero-order chi connectivity index (χ0) is 13.7. The van der Waals surface area contributed by atoms with Gasteiger partial charge in [-0.2, -0.15) is 0 Å². The van der Waals surface area contributed by atoms with Crippen LogP contribution in [-0.2, 0) is 0 Å². The summed E-state index contributed by atoms with van der Waals surface area (Å²) in [6.45, 7) is 0. The van der Waals surface area contributed by atoms with Crippen molar-refractivity contribution >= 4 is 11.0 Å². The fourth-order valence-electron chi connectivity index (χ4n) is 2.93. The molecule has 2 atom stereocenters. The first kappa shape index (κ1) is 11.5. The molecule has 1 heterocycles. The number of aliphatic hydroxyl groups excluding tert-OH is 2. The van der Waals surface area contributed by atoms with Crippen LogP contribution in [-0.4, -0.2) is 20.2 Å². The van der Waals surface area contributed by atoms with E-state index in [2.05, 4.69) is 9.97 Å². The van der Waals surface area contributed by atoms with Crippen LogP contribution >= 0.6 is 0 Å². The molecule has 1 aliphatic carbocycles. The number of aliphatic hydroxyl groups is 2. The van der Waals surface area contributed by atoms with Gasteiger partial charge in [0.25, 0.3) is 0 Å². The lowest BCUT2D eigenvalue weighted by Crippen LogP contribution is -2.18. The van der Waals surface area contributed by atoms with Crippen LogP contribution in [0.1, 0.15) is 34.5 Å². The molecule has 0 bridgehead atoms. The second-order valence-electron chi connectivity index (χ2n) is 4.93. The number of nitrogens with zero attached hydrogens (tertiary/aromatic N) is 2. The largest absolute Gasteiger partial charge is 0.384 e. The molecule has 0 amide bonds. The SMILES string of the molecule is OC1c2ccccc2C(O)c2c1ccc1nccnc21. The first-order valence-corrected chi connectivity index (χ1v) is 6.46. The van der Waals surface area contributed by atoms with Crippen molar-refractivity contribution in [2.24, 2.45) is 0 Å². The maximum absolute atomic E-state index is 10.7. The third-order valence-corrected chi connectivity index (χ3v) is 3.87. The van der Waals surface area contributed by atoms with Gasteiger partial charge in [0.05, 0.1) is 11.0 Å². The monoisotopic (exact) mass is 264 g/mol. The zero-order valence-electron chi connectivity index (χ0n) is 10.6. The van der Waals surface area contributed by atoms with Gasteiger partial charge in [0.15, 0.2) is 0 Å². The molecule has 0 saturated heterocycles. The second-order valence-corrected chi connectivity index (χ2v) is 4.93. The van der Waals surface area contributed by atoms with Gasteiger partial charge in [0, 0.05) is 18.0 Å². The smallest absolute Gasteiger partial charge is 0.107 e. The van der Waals surface area contributed by atoms with Gasteiger partial charge in [0.2, 0.25) is 0 Å². The summed E-state index contributed by atoms with van der Waals surface area (Å²) in [6, 6.07) is 11.0. The molecule has 1 aromatic heterocycles. The molecule has 4 nitrogen and oxygen atoms in total. The molecule has 2 aromatic carbocycles. The Morgan fingerprint density at radius 1 is 0.750 bits per heavy atom. The van der Waals surface area contributed by atoms with Crippen molar-refractivity contribution in [1.82, 2.24) is 9.97 Å². The first-order chi connectivity index (χ1) is 9.77. The van der Waals surface area contributed by atoms with Crippen molar-refractivity contribution in [3.63, 3.8) is 0 Å². The lowest BCUT2D eigenvalue weighted by molar-refractivity contribution is 0.174. The highest BCUT2D eigenvalue weighted by Crippen LogP contribution is 2.42. The second kappa shape index (κ2) is 4.10. The van der Waals surface area contributed by atoms with E-state index in [1.165, 1.54) is 0 Å². The Hall–Kier alpha value is -2.30. The highest BCUT2D eigenvalue weighted by molar-refractivity contribution is 5.81. The topological polar surface area (TPSA) is 66.2 Å². The normalized spacial score (nSPS) is 20.5. The quantitative estimate of drug-likeness (QED) is 0.652. The third-order valence-electron chi connectivity index (χ3n) is 3.87. The van der Waals surface area contributed by atoms with Crippen LogP contribution in [0.2, 0.25) is 0 Å². The highest BCUT2D eigenvalue weighted by atomic mass is 16.3. The Morgan fingerprint density at radius 2 is 1.45 bits per heavy atom. The van der Waals surface area contributed by atoms with Crippen LogP contribution in [0.4, 0.5) is 0 Å². The molecule has 1 aliphatic rings. The molecule has 4 heteroatoms. The van der Waals surface area contributed by atoms with E-state index in [9.17, 15) is 10.2 Å². The average molecular weight is 264 g/mol. The molecule has 0 saturated carbocycles. The Labute approximate surface area is 115 Å². The third kappa shape index (κ3) is 1.43. The Morgan fingerprint density at radius 3 is 2.25 bits per heavy atom. The molecule has 3 aromatic rings. The van der Waals surface area contributed by atoms with Crippen molar-refractivity contribution in [2.75, 3.05) is 0 Å². The molecule has 2 unspecified atom stereocenters. The Balaban J connectivity index is 2.08. The summed E-state index contributed by atoms with van der Waals surface area (Å²) < 4.78 is 0. The highest BCUT2D eigenvalue weighted by Gasteiger charge is 2.31. The van der Waals surface area contributed by atoms with Gasteiger partial charge in [-0.15, -0.1) is 0 Å². The maximum atomic E-state index is 10.7. The predicted molar refractivity (Wildman–Crippen MR) is 74.1 cm³/mol. The summed E-state index contributed by atoms with van der Waals surface area (Å²) >= 11 is 0. The molecular formula is C16H12N2O2. The van der Waals surface area contributed by atoms with Gasteiger partial charge in [-0.1, -0.05) is 30.3 Å². The summed E-state index contributed by atoms with van der Waals surface area (Å²) in [4.78, 5) is 8.57. The molecule has 0 fully saturated rings. The number of aromatic nitrogens is 2. The van der Waals surface area contributed by atoms with Crippen LogP contribution in [0.25, 0.3) is 11.0 Å². The van der Waals surface area contributed by atoms with Gasteiger partial charge in [-0.05, 0) is 22.8 Å². The molecule has 20 heavy (non-hydrogen) atoms. The predicted octanol–water partition coefficient (Wildman–Crippen LogP) is 2.11. The van der Waals surface area contributed by atoms with Gasteiger partial charge in [-0.25, -0.2) is 0 Å². The Bertz CT molecular complexity index is 816. The van der Waals surface area contributed by atoms with Gasteiger partial charge in [0.1, 0.15) is 12.2 Å². The summed E-state index contributed by atoms with van der Waals surface area (Å²) in [6.07, 6.45) is 1.69. The zero-order valence-corrected chi connectivity index (χ0v) is 10.6. The Kier molecular flexibility index (Phi) is 2.36. The molecular weight excluding hydrogens is 252 g/mol. The van der Waals surface area contributed by atoms with Crippen LogP contribution in [0.15, 0.2) is 48.8 Å². The van der Waals surface area contributed by atoms with Gasteiger partial charge < -0.3 is 10.2 Å². The minimum absolute atomic E-state index is 0.644. The molecule has 2 N–H and O–H groups in total. The van der Waals surface area contributed by atoms with E-state index in [-0.39, 0.29) is 0 Å². The van der Waals surface area contributed by atoms with E-state index in [1.54, 1.807) is 12.4 Å².